The Morgan fingerprint density at radius 2 is 1.96 bits per heavy atom. The highest BCUT2D eigenvalue weighted by Gasteiger charge is 2.31. The van der Waals surface area contributed by atoms with Crippen molar-refractivity contribution in [3.8, 4) is 0 Å². The average Bonchev–Trinajstić information content (AvgIpc) is 3.13. The summed E-state index contributed by atoms with van der Waals surface area (Å²) in [6.45, 7) is 2.28. The Labute approximate surface area is 166 Å². The number of aryl methyl sites for hydroxylation is 1. The molecule has 1 aliphatic heterocycles. The van der Waals surface area contributed by atoms with Crippen LogP contribution in [0.2, 0.25) is 0 Å². The molecule has 1 aliphatic rings. The third kappa shape index (κ3) is 4.13. The van der Waals surface area contributed by atoms with Crippen molar-refractivity contribution in [1.82, 2.24) is 9.88 Å². The molecule has 0 bridgehead atoms. The van der Waals surface area contributed by atoms with Crippen molar-refractivity contribution in [2.24, 2.45) is 0 Å². The summed E-state index contributed by atoms with van der Waals surface area (Å²) < 4.78 is 13.5. The van der Waals surface area contributed by atoms with Gasteiger partial charge < -0.3 is 10.1 Å². The van der Waals surface area contributed by atoms with Crippen molar-refractivity contribution < 1.29 is 9.50 Å². The van der Waals surface area contributed by atoms with Gasteiger partial charge in [0.05, 0.1) is 6.61 Å². The maximum absolute atomic E-state index is 13.5. The maximum Gasteiger partial charge on any atom is 0.123 e. The SMILES string of the molecule is OCC1[C@H](c2ccccc2)CCCN1CCCCc1c[nH]c2ccc(F)cc12. The fourth-order valence-electron chi connectivity index (χ4n) is 4.72. The lowest BCUT2D eigenvalue weighted by molar-refractivity contribution is 0.0717. The third-order valence-corrected chi connectivity index (χ3v) is 6.18. The second kappa shape index (κ2) is 8.89. The highest BCUT2D eigenvalue weighted by Crippen LogP contribution is 2.32. The van der Waals surface area contributed by atoms with Gasteiger partial charge in [-0.05, 0) is 74.5 Å². The van der Waals surface area contributed by atoms with Gasteiger partial charge in [0.25, 0.3) is 0 Å². The number of hydrogen-bond donors (Lipinski definition) is 2. The van der Waals surface area contributed by atoms with Crippen LogP contribution in [0, 0.1) is 5.82 Å². The zero-order valence-corrected chi connectivity index (χ0v) is 16.3. The molecule has 0 radical (unpaired) electrons. The topological polar surface area (TPSA) is 39.3 Å². The Kier molecular flexibility index (Phi) is 6.08. The fourth-order valence-corrected chi connectivity index (χ4v) is 4.72. The number of benzene rings is 2. The van der Waals surface area contributed by atoms with Crippen molar-refractivity contribution in [3.63, 3.8) is 0 Å². The van der Waals surface area contributed by atoms with Gasteiger partial charge in [-0.1, -0.05) is 30.3 Å². The molecule has 4 rings (SSSR count). The molecule has 2 atom stereocenters. The van der Waals surface area contributed by atoms with Crippen molar-refractivity contribution in [2.45, 2.75) is 44.1 Å². The number of likely N-dealkylation sites (tertiary alicyclic amines) is 1. The molecule has 2 heterocycles. The zero-order chi connectivity index (χ0) is 19.3. The van der Waals surface area contributed by atoms with Gasteiger partial charge in [-0.25, -0.2) is 4.39 Å². The Balaban J connectivity index is 1.34. The predicted octanol–water partition coefficient (Wildman–Crippen LogP) is 4.87. The Morgan fingerprint density at radius 1 is 1.11 bits per heavy atom. The number of fused-ring (bicyclic) bond motifs is 1. The molecule has 0 spiro atoms. The molecule has 1 unspecified atom stereocenters. The van der Waals surface area contributed by atoms with E-state index in [1.807, 2.05) is 6.20 Å². The van der Waals surface area contributed by atoms with Gasteiger partial charge in [0.15, 0.2) is 0 Å². The molecule has 148 valence electrons. The molecule has 0 saturated carbocycles. The standard InChI is InChI=1S/C24H29FN2O/c25-20-11-12-23-22(15-20)19(16-26-23)9-4-5-13-27-14-6-10-21(24(27)17-28)18-7-2-1-3-8-18/h1-3,7-8,11-12,15-16,21,24,26,28H,4-6,9-10,13-14,17H2/t21-,24?/m0/s1. The number of nitrogens with one attached hydrogen (secondary N) is 1. The summed E-state index contributed by atoms with van der Waals surface area (Å²) >= 11 is 0. The minimum atomic E-state index is -0.181. The van der Waals surface area contributed by atoms with Crippen LogP contribution in [-0.2, 0) is 6.42 Å². The molecule has 3 aromatic rings. The molecule has 1 saturated heterocycles. The number of hydrogen-bond acceptors (Lipinski definition) is 2. The fraction of sp³-hybridized carbons (Fsp3) is 0.417. The average molecular weight is 381 g/mol. The molecule has 2 N–H and O–H groups in total. The van der Waals surface area contributed by atoms with E-state index in [1.54, 1.807) is 12.1 Å². The van der Waals surface area contributed by atoms with Gasteiger partial charge in [-0.2, -0.15) is 0 Å². The highest BCUT2D eigenvalue weighted by molar-refractivity contribution is 5.83. The largest absolute Gasteiger partial charge is 0.395 e. The quantitative estimate of drug-likeness (QED) is 0.574. The molecule has 4 heteroatoms. The van der Waals surface area contributed by atoms with Crippen molar-refractivity contribution in [3.05, 3.63) is 71.7 Å². The number of rotatable bonds is 7. The van der Waals surface area contributed by atoms with Crippen LogP contribution >= 0.6 is 0 Å². The normalized spacial score (nSPS) is 20.6. The van der Waals surface area contributed by atoms with E-state index < -0.39 is 0 Å². The third-order valence-electron chi connectivity index (χ3n) is 6.18. The van der Waals surface area contributed by atoms with Gasteiger partial charge in [0.1, 0.15) is 5.82 Å². The molecule has 0 amide bonds. The van der Waals surface area contributed by atoms with Crippen LogP contribution in [-0.4, -0.2) is 40.7 Å². The number of halogens is 1. The van der Waals surface area contributed by atoms with Crippen LogP contribution in [0.15, 0.2) is 54.7 Å². The smallest absolute Gasteiger partial charge is 0.123 e. The van der Waals surface area contributed by atoms with Crippen molar-refractivity contribution >= 4 is 10.9 Å². The molecule has 3 nitrogen and oxygen atoms in total. The van der Waals surface area contributed by atoms with Crippen LogP contribution < -0.4 is 0 Å². The van der Waals surface area contributed by atoms with E-state index in [1.165, 1.54) is 23.6 Å². The first-order valence-corrected chi connectivity index (χ1v) is 10.4. The molecule has 2 aromatic carbocycles. The van der Waals surface area contributed by atoms with Crippen LogP contribution in [0.4, 0.5) is 4.39 Å². The summed E-state index contributed by atoms with van der Waals surface area (Å²) in [5.74, 6) is 0.232. The van der Waals surface area contributed by atoms with E-state index in [9.17, 15) is 9.50 Å². The minimum absolute atomic E-state index is 0.181. The lowest BCUT2D eigenvalue weighted by atomic mass is 9.83. The van der Waals surface area contributed by atoms with E-state index in [0.717, 1.165) is 49.7 Å². The monoisotopic (exact) mass is 380 g/mol. The molecule has 1 fully saturated rings. The summed E-state index contributed by atoms with van der Waals surface area (Å²) in [5.41, 5.74) is 3.53. The van der Waals surface area contributed by atoms with E-state index in [0.29, 0.717) is 5.92 Å². The molecule has 1 aromatic heterocycles. The number of piperidine rings is 1. The highest BCUT2D eigenvalue weighted by atomic mass is 19.1. The predicted molar refractivity (Wildman–Crippen MR) is 112 cm³/mol. The first-order valence-electron chi connectivity index (χ1n) is 10.4. The Hall–Kier alpha value is -2.17. The maximum atomic E-state index is 13.5. The zero-order valence-electron chi connectivity index (χ0n) is 16.3. The van der Waals surface area contributed by atoms with Crippen molar-refractivity contribution in [2.75, 3.05) is 19.7 Å². The van der Waals surface area contributed by atoms with Crippen LogP contribution in [0.5, 0.6) is 0 Å². The molecule has 28 heavy (non-hydrogen) atoms. The summed E-state index contributed by atoms with van der Waals surface area (Å²) in [6, 6.07) is 15.7. The second-order valence-electron chi connectivity index (χ2n) is 7.91. The van der Waals surface area contributed by atoms with E-state index in [-0.39, 0.29) is 18.5 Å². The molecule has 0 aliphatic carbocycles. The van der Waals surface area contributed by atoms with Crippen LogP contribution in [0.3, 0.4) is 0 Å². The first kappa shape index (κ1) is 19.2. The molecular formula is C24H29FN2O. The first-order chi connectivity index (χ1) is 13.8. The van der Waals surface area contributed by atoms with Gasteiger partial charge >= 0.3 is 0 Å². The Bertz CT molecular complexity index is 892. The summed E-state index contributed by atoms with van der Waals surface area (Å²) in [5, 5.41) is 11.1. The number of aromatic amines is 1. The second-order valence-corrected chi connectivity index (χ2v) is 7.91. The summed E-state index contributed by atoms with van der Waals surface area (Å²) in [4.78, 5) is 5.70. The summed E-state index contributed by atoms with van der Waals surface area (Å²) in [6.07, 6.45) is 7.43. The van der Waals surface area contributed by atoms with Gasteiger partial charge in [-0.15, -0.1) is 0 Å². The van der Waals surface area contributed by atoms with Gasteiger partial charge in [-0.3, -0.25) is 4.90 Å². The van der Waals surface area contributed by atoms with Crippen molar-refractivity contribution in [1.29, 1.82) is 0 Å². The summed E-state index contributed by atoms with van der Waals surface area (Å²) in [7, 11) is 0. The van der Waals surface area contributed by atoms with Gasteiger partial charge in [0, 0.05) is 29.1 Å². The van der Waals surface area contributed by atoms with E-state index in [4.69, 9.17) is 0 Å². The lowest BCUT2D eigenvalue weighted by Crippen LogP contribution is -2.46. The Morgan fingerprint density at radius 3 is 2.79 bits per heavy atom. The van der Waals surface area contributed by atoms with Gasteiger partial charge in [0.2, 0.25) is 0 Å². The number of aliphatic hydroxyl groups excluding tert-OH is 1. The number of unbranched alkanes of at least 4 members (excludes halogenated alkanes) is 1. The van der Waals surface area contributed by atoms with E-state index in [2.05, 4.69) is 40.2 Å². The number of H-pyrrole nitrogens is 1. The van der Waals surface area contributed by atoms with Crippen LogP contribution in [0.25, 0.3) is 10.9 Å². The number of aromatic nitrogens is 1. The molecular weight excluding hydrogens is 351 g/mol. The minimum Gasteiger partial charge on any atom is -0.395 e. The van der Waals surface area contributed by atoms with Crippen LogP contribution in [0.1, 0.15) is 42.7 Å². The lowest BCUT2D eigenvalue weighted by Gasteiger charge is -2.41. The number of aliphatic hydroxyl groups is 1. The number of nitrogens with zero attached hydrogens (tertiary/aromatic N) is 1. The van der Waals surface area contributed by atoms with E-state index >= 15 is 0 Å².